The van der Waals surface area contributed by atoms with E-state index in [0.29, 0.717) is 11.7 Å². The van der Waals surface area contributed by atoms with Crippen LogP contribution in [0, 0.1) is 5.92 Å². The van der Waals surface area contributed by atoms with E-state index in [9.17, 15) is 4.79 Å². The van der Waals surface area contributed by atoms with E-state index < -0.39 is 0 Å². The van der Waals surface area contributed by atoms with E-state index in [1.165, 1.54) is 18.2 Å². The van der Waals surface area contributed by atoms with Crippen molar-refractivity contribution in [3.8, 4) is 11.4 Å². The number of nitrogens with zero attached hydrogens (tertiary/aromatic N) is 3. The van der Waals surface area contributed by atoms with Gasteiger partial charge in [0.1, 0.15) is 5.75 Å². The van der Waals surface area contributed by atoms with Crippen molar-refractivity contribution in [2.45, 2.75) is 24.9 Å². The Morgan fingerprint density at radius 1 is 1.38 bits per heavy atom. The summed E-state index contributed by atoms with van der Waals surface area (Å²) >= 11 is 1.49. The largest absolute Gasteiger partial charge is 0.497 e. The lowest BCUT2D eigenvalue weighted by Crippen LogP contribution is -2.40. The van der Waals surface area contributed by atoms with E-state index in [0.717, 1.165) is 36.1 Å². The third kappa shape index (κ3) is 3.93. The Kier molecular flexibility index (Phi) is 5.45. The first-order valence-corrected chi connectivity index (χ1v) is 9.24. The van der Waals surface area contributed by atoms with Gasteiger partial charge in [0.2, 0.25) is 5.91 Å². The number of methoxy groups -OCH3 is 1. The van der Waals surface area contributed by atoms with Crippen LogP contribution in [0.4, 0.5) is 0 Å². The minimum atomic E-state index is 0.204. The van der Waals surface area contributed by atoms with Crippen molar-refractivity contribution in [2.24, 2.45) is 5.92 Å². The number of hydrogen-bond acceptors (Lipinski definition) is 4. The second-order valence-corrected chi connectivity index (χ2v) is 7.10. The number of benzene rings is 1. The molecule has 0 bridgehead atoms. The van der Waals surface area contributed by atoms with Crippen LogP contribution in [0.1, 0.15) is 19.8 Å². The maximum absolute atomic E-state index is 12.4. The highest BCUT2D eigenvalue weighted by atomic mass is 32.2. The van der Waals surface area contributed by atoms with Gasteiger partial charge < -0.3 is 9.64 Å². The van der Waals surface area contributed by atoms with Crippen molar-refractivity contribution in [3.63, 3.8) is 0 Å². The summed E-state index contributed by atoms with van der Waals surface area (Å²) in [6.45, 7) is 3.98. The molecular weight excluding hydrogens is 322 g/mol. The molecule has 1 atom stereocenters. The Morgan fingerprint density at radius 2 is 2.17 bits per heavy atom. The van der Waals surface area contributed by atoms with Crippen molar-refractivity contribution in [1.29, 1.82) is 0 Å². The summed E-state index contributed by atoms with van der Waals surface area (Å²) in [6, 6.07) is 7.81. The van der Waals surface area contributed by atoms with Crippen LogP contribution in [0.2, 0.25) is 0 Å². The molecule has 24 heavy (non-hydrogen) atoms. The third-order valence-electron chi connectivity index (χ3n) is 4.29. The fourth-order valence-electron chi connectivity index (χ4n) is 2.97. The molecule has 0 saturated carbocycles. The second-order valence-electron chi connectivity index (χ2n) is 6.15. The van der Waals surface area contributed by atoms with Crippen molar-refractivity contribution < 1.29 is 9.53 Å². The topological polar surface area (TPSA) is 47.4 Å². The van der Waals surface area contributed by atoms with Crippen molar-refractivity contribution in [3.05, 3.63) is 36.7 Å². The van der Waals surface area contributed by atoms with E-state index in [1.807, 2.05) is 39.9 Å². The summed E-state index contributed by atoms with van der Waals surface area (Å²) in [4.78, 5) is 18.8. The van der Waals surface area contributed by atoms with Gasteiger partial charge in [0.15, 0.2) is 5.16 Å². The zero-order chi connectivity index (χ0) is 16.9. The number of hydrogen-bond donors (Lipinski definition) is 0. The lowest BCUT2D eigenvalue weighted by atomic mass is 10.0. The van der Waals surface area contributed by atoms with E-state index in [-0.39, 0.29) is 5.91 Å². The van der Waals surface area contributed by atoms with Gasteiger partial charge in [-0.25, -0.2) is 4.98 Å². The molecule has 1 amide bonds. The zero-order valence-electron chi connectivity index (χ0n) is 14.1. The number of carbonyl (C=O) groups excluding carboxylic acids is 1. The predicted molar refractivity (Wildman–Crippen MR) is 95.8 cm³/mol. The van der Waals surface area contributed by atoms with Crippen molar-refractivity contribution in [2.75, 3.05) is 26.0 Å². The van der Waals surface area contributed by atoms with E-state index in [2.05, 4.69) is 11.9 Å². The maximum Gasteiger partial charge on any atom is 0.233 e. The number of piperidine rings is 1. The Bertz CT molecular complexity index is 684. The molecule has 1 unspecified atom stereocenters. The number of amides is 1. The molecular formula is C18H23N3O2S. The molecule has 2 aromatic rings. The molecule has 0 aliphatic carbocycles. The van der Waals surface area contributed by atoms with Crippen LogP contribution >= 0.6 is 11.8 Å². The average Bonchev–Trinajstić information content (AvgIpc) is 3.08. The maximum atomic E-state index is 12.4. The van der Waals surface area contributed by atoms with Gasteiger partial charge in [-0.3, -0.25) is 9.36 Å². The number of ether oxygens (including phenoxy) is 1. The molecule has 1 aliphatic heterocycles. The Labute approximate surface area is 147 Å². The molecule has 1 aromatic heterocycles. The molecule has 6 heteroatoms. The highest BCUT2D eigenvalue weighted by molar-refractivity contribution is 7.99. The third-order valence-corrected chi connectivity index (χ3v) is 5.24. The normalized spacial score (nSPS) is 17.8. The number of thioether (sulfide) groups is 1. The molecule has 1 saturated heterocycles. The van der Waals surface area contributed by atoms with Crippen LogP contribution < -0.4 is 4.74 Å². The summed E-state index contributed by atoms with van der Waals surface area (Å²) in [5.41, 5.74) is 1.01. The summed E-state index contributed by atoms with van der Waals surface area (Å²) < 4.78 is 7.19. The first-order valence-electron chi connectivity index (χ1n) is 8.25. The van der Waals surface area contributed by atoms with Gasteiger partial charge in [0, 0.05) is 31.2 Å². The van der Waals surface area contributed by atoms with Gasteiger partial charge in [-0.1, -0.05) is 18.7 Å². The number of imidazole rings is 1. The van der Waals surface area contributed by atoms with Crippen LogP contribution in [-0.4, -0.2) is 46.3 Å². The molecule has 1 aromatic carbocycles. The fourth-order valence-corrected chi connectivity index (χ4v) is 3.85. The Morgan fingerprint density at radius 3 is 2.88 bits per heavy atom. The van der Waals surface area contributed by atoms with Crippen molar-refractivity contribution in [1.82, 2.24) is 14.5 Å². The van der Waals surface area contributed by atoms with E-state index in [4.69, 9.17) is 4.74 Å². The van der Waals surface area contributed by atoms with Gasteiger partial charge in [-0.2, -0.15) is 0 Å². The molecule has 5 nitrogen and oxygen atoms in total. The number of likely N-dealkylation sites (tertiary alicyclic amines) is 1. The Hall–Kier alpha value is -1.95. The van der Waals surface area contributed by atoms with E-state index >= 15 is 0 Å². The van der Waals surface area contributed by atoms with Crippen LogP contribution in [-0.2, 0) is 4.79 Å². The standard InChI is InChI=1S/C18H23N3O2S/c1-14-4-3-10-20(12-14)17(22)13-24-18-19-9-11-21(18)15-5-7-16(23-2)8-6-15/h5-9,11,14H,3-4,10,12-13H2,1-2H3. The quantitative estimate of drug-likeness (QED) is 0.781. The van der Waals surface area contributed by atoms with Crippen LogP contribution in [0.25, 0.3) is 5.69 Å². The number of aromatic nitrogens is 2. The number of carbonyl (C=O) groups is 1. The minimum Gasteiger partial charge on any atom is -0.497 e. The molecule has 0 N–H and O–H groups in total. The SMILES string of the molecule is COc1ccc(-n2ccnc2SCC(=O)N2CCCC(C)C2)cc1. The van der Waals surface area contributed by atoms with Gasteiger partial charge >= 0.3 is 0 Å². The van der Waals surface area contributed by atoms with Crippen LogP contribution in [0.15, 0.2) is 41.8 Å². The second kappa shape index (κ2) is 7.75. The fraction of sp³-hybridized carbons (Fsp3) is 0.444. The lowest BCUT2D eigenvalue weighted by Gasteiger charge is -2.30. The van der Waals surface area contributed by atoms with Gasteiger partial charge in [-0.05, 0) is 43.0 Å². The van der Waals surface area contributed by atoms with Gasteiger partial charge in [-0.15, -0.1) is 0 Å². The monoisotopic (exact) mass is 345 g/mol. The first-order chi connectivity index (χ1) is 11.7. The van der Waals surface area contributed by atoms with Crippen LogP contribution in [0.5, 0.6) is 5.75 Å². The average molecular weight is 345 g/mol. The molecule has 3 rings (SSSR count). The van der Waals surface area contributed by atoms with Crippen LogP contribution in [0.3, 0.4) is 0 Å². The van der Waals surface area contributed by atoms with Gasteiger partial charge in [0.05, 0.1) is 12.9 Å². The Balaban J connectivity index is 1.64. The summed E-state index contributed by atoms with van der Waals surface area (Å²) in [5, 5.41) is 0.832. The molecule has 1 aliphatic rings. The highest BCUT2D eigenvalue weighted by Crippen LogP contribution is 2.23. The minimum absolute atomic E-state index is 0.204. The van der Waals surface area contributed by atoms with Crippen molar-refractivity contribution >= 4 is 17.7 Å². The molecule has 128 valence electrons. The molecule has 1 fully saturated rings. The molecule has 0 radical (unpaired) electrons. The van der Waals surface area contributed by atoms with Gasteiger partial charge in [0.25, 0.3) is 0 Å². The molecule has 2 heterocycles. The lowest BCUT2D eigenvalue weighted by molar-refractivity contribution is -0.130. The smallest absolute Gasteiger partial charge is 0.233 e. The summed E-state index contributed by atoms with van der Waals surface area (Å²) in [6.07, 6.45) is 6.01. The summed E-state index contributed by atoms with van der Waals surface area (Å²) in [7, 11) is 1.65. The summed E-state index contributed by atoms with van der Waals surface area (Å²) in [5.74, 6) is 2.06. The van der Waals surface area contributed by atoms with E-state index in [1.54, 1.807) is 13.3 Å². The molecule has 0 spiro atoms. The zero-order valence-corrected chi connectivity index (χ0v) is 15.0. The highest BCUT2D eigenvalue weighted by Gasteiger charge is 2.21. The first kappa shape index (κ1) is 16.9. The predicted octanol–water partition coefficient (Wildman–Crippen LogP) is 3.23. The number of rotatable bonds is 5.